The Labute approximate surface area is 387 Å². The number of halogens is 1. The molecule has 0 aromatic heterocycles. The molecule has 7 rings (SSSR count). The molecule has 2 saturated heterocycles. The number of carbonyl (C=O) groups is 6. The number of amides is 5. The lowest BCUT2D eigenvalue weighted by atomic mass is 9.43. The number of imide groups is 1. The molecule has 2 N–H and O–H groups in total. The van der Waals surface area contributed by atoms with Crippen LogP contribution in [-0.2, 0) is 39.6 Å². The number of methoxy groups -OCH3 is 2. The van der Waals surface area contributed by atoms with Crippen LogP contribution in [0.4, 0.5) is 9.59 Å². The van der Waals surface area contributed by atoms with Gasteiger partial charge in [0.25, 0.3) is 0 Å². The zero-order chi connectivity index (χ0) is 48.0. The van der Waals surface area contributed by atoms with E-state index < -0.39 is 71.5 Å². The first-order chi connectivity index (χ1) is 30.3. The smallest absolute Gasteiger partial charge is 0.461 e. The number of ketones is 1. The Kier molecular flexibility index (Phi) is 14.3. The summed E-state index contributed by atoms with van der Waals surface area (Å²) in [5.74, 6) is -2.58. The van der Waals surface area contributed by atoms with Crippen molar-refractivity contribution in [2.24, 2.45) is 17.3 Å². The fourth-order valence-electron chi connectivity index (χ4n) is 9.87. The number of aryl methyl sites for hydroxylation is 1. The molecule has 2 bridgehead atoms. The van der Waals surface area contributed by atoms with Gasteiger partial charge in [-0.15, -0.1) is 0 Å². The Morgan fingerprint density at radius 3 is 2.23 bits per heavy atom. The SMILES string of the molecule is COc1c(C[C@H](CC(=O)C(NC(=O)N2CCN(CCNC(=O)OC(C)(C)C)C(=O)C2=O)c2ccc(C)c(OC)c2Cl)B2O[C@@H]3C[C@@H]4C[C@@H](C4(C)C)[C@]3(C)O2)cccc1C(=O)OC(C)(C)C. The number of ether oxygens (including phenoxy) is 4. The third kappa shape index (κ3) is 10.4. The number of hydrogen-bond donors (Lipinski definition) is 2. The monoisotopic (exact) mass is 922 g/mol. The maximum Gasteiger partial charge on any atom is 0.461 e. The van der Waals surface area contributed by atoms with Crippen LogP contribution in [0.25, 0.3) is 0 Å². The topological polar surface area (TPSA) is 188 Å². The van der Waals surface area contributed by atoms with E-state index in [9.17, 15) is 24.0 Å². The summed E-state index contributed by atoms with van der Waals surface area (Å²) < 4.78 is 36.2. The number of esters is 1. The number of piperazine rings is 1. The van der Waals surface area contributed by atoms with Gasteiger partial charge in [0.15, 0.2) is 5.78 Å². The van der Waals surface area contributed by atoms with Crippen LogP contribution in [0.2, 0.25) is 10.8 Å². The minimum atomic E-state index is -1.44. The lowest BCUT2D eigenvalue weighted by Gasteiger charge is -2.64. The van der Waals surface area contributed by atoms with Gasteiger partial charge in [0, 0.05) is 44.0 Å². The normalized spacial score (nSPS) is 23.5. The Balaban J connectivity index is 1.30. The van der Waals surface area contributed by atoms with Crippen molar-refractivity contribution < 1.29 is 57.0 Å². The number of carbonyl (C=O) groups excluding carboxylic acids is 6. The van der Waals surface area contributed by atoms with Crippen molar-refractivity contribution in [1.29, 1.82) is 0 Å². The van der Waals surface area contributed by atoms with Gasteiger partial charge >= 0.3 is 37.0 Å². The van der Waals surface area contributed by atoms with Gasteiger partial charge in [-0.05, 0) is 109 Å². The first-order valence-electron chi connectivity index (χ1n) is 22.3. The highest BCUT2D eigenvalue weighted by Gasteiger charge is 2.68. The Hall–Kier alpha value is -4.87. The Morgan fingerprint density at radius 2 is 1.60 bits per heavy atom. The summed E-state index contributed by atoms with van der Waals surface area (Å²) in [6, 6.07) is 6.05. The number of benzene rings is 2. The van der Waals surface area contributed by atoms with E-state index in [2.05, 4.69) is 31.4 Å². The molecule has 3 saturated carbocycles. The minimum Gasteiger partial charge on any atom is -0.496 e. The molecule has 5 fully saturated rings. The number of Topliss-reactive ketones (excluding diaryl/α,β-unsaturated/α-hetero) is 1. The number of para-hydroxylation sites is 1. The number of nitrogens with one attached hydrogen (secondary N) is 2. The highest BCUT2D eigenvalue weighted by molar-refractivity contribution is 6.48. The van der Waals surface area contributed by atoms with E-state index in [0.29, 0.717) is 17.0 Å². The second-order valence-electron chi connectivity index (χ2n) is 20.4. The van der Waals surface area contributed by atoms with Crippen molar-refractivity contribution in [1.82, 2.24) is 20.4 Å². The summed E-state index contributed by atoms with van der Waals surface area (Å²) in [5.41, 5.74) is -0.391. The largest absolute Gasteiger partial charge is 0.496 e. The van der Waals surface area contributed by atoms with Gasteiger partial charge in [-0.1, -0.05) is 49.7 Å². The van der Waals surface area contributed by atoms with Crippen LogP contribution in [0.1, 0.15) is 115 Å². The van der Waals surface area contributed by atoms with Crippen LogP contribution < -0.4 is 20.1 Å². The van der Waals surface area contributed by atoms with Crippen molar-refractivity contribution in [3.63, 3.8) is 0 Å². The van der Waals surface area contributed by atoms with Crippen LogP contribution in [0, 0.1) is 24.2 Å². The number of urea groups is 1. The van der Waals surface area contributed by atoms with Crippen molar-refractivity contribution >= 4 is 54.4 Å². The van der Waals surface area contributed by atoms with E-state index in [1.807, 2.05) is 6.07 Å². The van der Waals surface area contributed by atoms with Gasteiger partial charge in [0.1, 0.15) is 34.3 Å². The fraction of sp³-hybridized carbons (Fsp3) is 0.617. The third-order valence-electron chi connectivity index (χ3n) is 13.3. The predicted molar refractivity (Wildman–Crippen MR) is 242 cm³/mol. The molecule has 2 aliphatic heterocycles. The van der Waals surface area contributed by atoms with E-state index >= 15 is 4.79 Å². The zero-order valence-corrected chi connectivity index (χ0v) is 40.4. The van der Waals surface area contributed by atoms with Crippen LogP contribution in [-0.4, -0.2) is 116 Å². The molecule has 65 heavy (non-hydrogen) atoms. The van der Waals surface area contributed by atoms with Gasteiger partial charge in [-0.2, -0.15) is 0 Å². The van der Waals surface area contributed by atoms with Crippen LogP contribution in [0.5, 0.6) is 11.5 Å². The number of alkyl carbamates (subject to hydrolysis) is 1. The number of rotatable bonds is 14. The lowest BCUT2D eigenvalue weighted by Crippen LogP contribution is -2.65. The molecule has 354 valence electrons. The molecule has 6 atom stereocenters. The van der Waals surface area contributed by atoms with Gasteiger partial charge < -0.3 is 43.8 Å². The van der Waals surface area contributed by atoms with Crippen LogP contribution in [0.15, 0.2) is 30.3 Å². The molecule has 0 radical (unpaired) electrons. The highest BCUT2D eigenvalue weighted by atomic mass is 35.5. The van der Waals surface area contributed by atoms with Gasteiger partial charge in [-0.25, -0.2) is 14.4 Å². The molecule has 2 aromatic rings. The molecule has 5 amide bonds. The molecule has 2 aromatic carbocycles. The van der Waals surface area contributed by atoms with E-state index in [1.165, 1.54) is 19.1 Å². The molecule has 16 nitrogen and oxygen atoms in total. The molecule has 1 unspecified atom stereocenters. The molecular weight excluding hydrogens is 859 g/mol. The predicted octanol–water partition coefficient (Wildman–Crippen LogP) is 6.87. The summed E-state index contributed by atoms with van der Waals surface area (Å²) in [6.07, 6.45) is 0.829. The van der Waals surface area contributed by atoms with Crippen molar-refractivity contribution in [3.8, 4) is 11.5 Å². The Bertz CT molecular complexity index is 2210. The number of nitrogens with zero attached hydrogens (tertiary/aromatic N) is 2. The molecule has 3 aliphatic carbocycles. The molecule has 5 aliphatic rings. The van der Waals surface area contributed by atoms with Crippen molar-refractivity contribution in [2.45, 2.75) is 130 Å². The summed E-state index contributed by atoms with van der Waals surface area (Å²) in [6.45, 7) is 18.7. The van der Waals surface area contributed by atoms with Crippen LogP contribution in [0.3, 0.4) is 0 Å². The van der Waals surface area contributed by atoms with E-state index in [-0.39, 0.29) is 84.1 Å². The molecule has 18 heteroatoms. The first-order valence-corrected chi connectivity index (χ1v) is 22.6. The second-order valence-corrected chi connectivity index (χ2v) is 20.7. The standard InChI is InChI=1S/C47H64BClN4O12/c1-26-16-17-30(35(49)37(26)60-11)36(51-42(58)53-21-20-52(39(55)40(53)56)19-18-50-43(59)63-45(5,6)7)32(54)25-29(48-64-34-24-28-23-33(46(28,8)9)47(34,10)65-48)22-27-14-13-15-31(38(27)61-12)41(57)62-44(2,3)4/h13-17,28-29,33-34,36H,18-25H2,1-12H3,(H,50,59)(H,51,58)/t28-,29+,33-,34+,36?,47-/m0/s1. The molecular formula is C47H64BClN4O12. The molecule has 2 heterocycles. The fourth-order valence-corrected chi connectivity index (χ4v) is 10.3. The molecule has 0 spiro atoms. The summed E-state index contributed by atoms with van der Waals surface area (Å²) in [5, 5.41) is 5.37. The maximum atomic E-state index is 15.1. The highest BCUT2D eigenvalue weighted by Crippen LogP contribution is 2.66. The minimum absolute atomic E-state index is 0.00385. The van der Waals surface area contributed by atoms with E-state index in [0.717, 1.165) is 17.7 Å². The van der Waals surface area contributed by atoms with Gasteiger partial charge in [0.05, 0.1) is 30.9 Å². The average Bonchev–Trinajstić information content (AvgIpc) is 3.57. The lowest BCUT2D eigenvalue weighted by molar-refractivity contribution is -0.199. The van der Waals surface area contributed by atoms with E-state index in [1.54, 1.807) is 72.7 Å². The summed E-state index contributed by atoms with van der Waals surface area (Å²) in [4.78, 5) is 83.7. The first kappa shape index (κ1) is 49.6. The third-order valence-corrected chi connectivity index (χ3v) is 13.6. The summed E-state index contributed by atoms with van der Waals surface area (Å²) in [7, 11) is 2.02. The second kappa shape index (κ2) is 18.8. The van der Waals surface area contributed by atoms with E-state index in [4.69, 9.17) is 39.9 Å². The van der Waals surface area contributed by atoms with Crippen molar-refractivity contribution in [2.75, 3.05) is 40.4 Å². The van der Waals surface area contributed by atoms with Crippen molar-refractivity contribution in [3.05, 3.63) is 57.6 Å². The quantitative estimate of drug-likeness (QED) is 0.114. The number of hydrogen-bond acceptors (Lipinski definition) is 12. The van der Waals surface area contributed by atoms with Gasteiger partial charge in [-0.3, -0.25) is 19.3 Å². The average molecular weight is 923 g/mol. The maximum absolute atomic E-state index is 15.1. The zero-order valence-electron chi connectivity index (χ0n) is 39.7. The Morgan fingerprint density at radius 1 is 0.923 bits per heavy atom. The summed E-state index contributed by atoms with van der Waals surface area (Å²) >= 11 is 6.96. The van der Waals surface area contributed by atoms with Gasteiger partial charge in [0.2, 0.25) is 0 Å². The van der Waals surface area contributed by atoms with Crippen LogP contribution >= 0.6 is 11.6 Å².